The molecule has 0 radical (unpaired) electrons. The summed E-state index contributed by atoms with van der Waals surface area (Å²) in [4.78, 5) is 15.5. The van der Waals surface area contributed by atoms with Gasteiger partial charge in [-0.05, 0) is 25.3 Å². The first kappa shape index (κ1) is 10.5. The van der Waals surface area contributed by atoms with Gasteiger partial charge in [-0.25, -0.2) is 9.78 Å². The van der Waals surface area contributed by atoms with Crippen LogP contribution in [0.5, 0.6) is 0 Å². The van der Waals surface area contributed by atoms with Gasteiger partial charge in [0.2, 0.25) is 5.89 Å². The van der Waals surface area contributed by atoms with Crippen molar-refractivity contribution in [3.05, 3.63) is 41.8 Å². The van der Waals surface area contributed by atoms with E-state index in [4.69, 9.17) is 4.42 Å². The van der Waals surface area contributed by atoms with Gasteiger partial charge in [0.05, 0.1) is 18.4 Å². The first-order valence-corrected chi connectivity index (χ1v) is 4.85. The molecule has 0 bridgehead atoms. The van der Waals surface area contributed by atoms with Crippen LogP contribution in [0.1, 0.15) is 17.6 Å². The molecule has 84 valence electrons. The van der Waals surface area contributed by atoms with Crippen LogP contribution in [0, 0.1) is 6.92 Å². The molecule has 1 aliphatic rings. The molecule has 5 nitrogen and oxygen atoms in total. The lowest BCUT2D eigenvalue weighted by Gasteiger charge is -2.14. The predicted molar refractivity (Wildman–Crippen MR) is 56.4 cm³/mol. The maximum Gasteiger partial charge on any atom is 0.337 e. The van der Waals surface area contributed by atoms with Crippen LogP contribution in [0.25, 0.3) is 0 Å². The molecule has 1 atom stereocenters. The lowest BCUT2D eigenvalue weighted by molar-refractivity contribution is -0.135. The Kier molecular flexibility index (Phi) is 2.76. The van der Waals surface area contributed by atoms with Crippen LogP contribution in [0.2, 0.25) is 0 Å². The molecular formula is C11H12N2O3. The fourth-order valence-corrected chi connectivity index (χ4v) is 1.44. The summed E-state index contributed by atoms with van der Waals surface area (Å²) in [7, 11) is 1.35. The van der Waals surface area contributed by atoms with Crippen LogP contribution in [0.15, 0.2) is 34.6 Å². The number of hydrogen-bond acceptors (Lipinski definition) is 5. The number of ether oxygens (including phenoxy) is 1. The van der Waals surface area contributed by atoms with E-state index in [9.17, 15) is 4.79 Å². The Morgan fingerprint density at radius 3 is 3.06 bits per heavy atom. The van der Waals surface area contributed by atoms with E-state index in [1.165, 1.54) is 7.11 Å². The van der Waals surface area contributed by atoms with Crippen molar-refractivity contribution in [2.75, 3.05) is 7.11 Å². The molecule has 0 aromatic carbocycles. The van der Waals surface area contributed by atoms with E-state index < -0.39 is 0 Å². The molecular weight excluding hydrogens is 208 g/mol. The van der Waals surface area contributed by atoms with Gasteiger partial charge in [-0.1, -0.05) is 0 Å². The third kappa shape index (κ3) is 1.98. The van der Waals surface area contributed by atoms with Crippen molar-refractivity contribution in [3.63, 3.8) is 0 Å². The standard InChI is InChI=1S/C11H12N2O3/c1-7-6-16-10(13-7)9-5-8(3-4-12-9)11(14)15-2/h3-6,9,12H,1-2H3. The third-order valence-electron chi connectivity index (χ3n) is 2.21. The second-order valence-corrected chi connectivity index (χ2v) is 3.42. The quantitative estimate of drug-likeness (QED) is 0.760. The van der Waals surface area contributed by atoms with Crippen molar-refractivity contribution in [2.24, 2.45) is 0 Å². The van der Waals surface area contributed by atoms with Gasteiger partial charge in [0.1, 0.15) is 12.3 Å². The van der Waals surface area contributed by atoms with Crippen molar-refractivity contribution >= 4 is 5.97 Å². The molecule has 2 rings (SSSR count). The highest BCUT2D eigenvalue weighted by Crippen LogP contribution is 2.19. The van der Waals surface area contributed by atoms with Crippen molar-refractivity contribution < 1.29 is 13.9 Å². The average Bonchev–Trinajstić information content (AvgIpc) is 2.75. The van der Waals surface area contributed by atoms with Crippen LogP contribution in [-0.4, -0.2) is 18.1 Å². The Hall–Kier alpha value is -2.04. The molecule has 16 heavy (non-hydrogen) atoms. The fraction of sp³-hybridized carbons (Fsp3) is 0.273. The van der Waals surface area contributed by atoms with Crippen molar-refractivity contribution in [3.8, 4) is 0 Å². The number of carbonyl (C=O) groups excluding carboxylic acids is 1. The minimum atomic E-state index is -0.369. The predicted octanol–water partition coefficient (Wildman–Crippen LogP) is 1.24. The Morgan fingerprint density at radius 2 is 2.44 bits per heavy atom. The van der Waals surface area contributed by atoms with Gasteiger partial charge in [0.15, 0.2) is 0 Å². The zero-order valence-electron chi connectivity index (χ0n) is 9.06. The van der Waals surface area contributed by atoms with Gasteiger partial charge in [-0.3, -0.25) is 0 Å². The molecule has 0 aliphatic carbocycles. The second-order valence-electron chi connectivity index (χ2n) is 3.42. The number of methoxy groups -OCH3 is 1. The number of esters is 1. The molecule has 1 N–H and O–H groups in total. The van der Waals surface area contributed by atoms with Gasteiger partial charge in [0, 0.05) is 0 Å². The van der Waals surface area contributed by atoms with Gasteiger partial charge >= 0.3 is 5.97 Å². The maximum absolute atomic E-state index is 11.3. The third-order valence-corrected chi connectivity index (χ3v) is 2.21. The molecule has 2 heterocycles. The number of nitrogens with one attached hydrogen (secondary N) is 1. The van der Waals surface area contributed by atoms with Crippen LogP contribution in [-0.2, 0) is 9.53 Å². The summed E-state index contributed by atoms with van der Waals surface area (Å²) in [5.41, 5.74) is 1.29. The Balaban J connectivity index is 2.22. The summed E-state index contributed by atoms with van der Waals surface area (Å²) in [5, 5.41) is 3.04. The molecule has 1 aliphatic heterocycles. The molecule has 0 amide bonds. The molecule has 0 spiro atoms. The largest absolute Gasteiger partial charge is 0.465 e. The highest BCUT2D eigenvalue weighted by molar-refractivity contribution is 5.91. The molecule has 0 fully saturated rings. The van der Waals surface area contributed by atoms with Crippen LogP contribution >= 0.6 is 0 Å². The monoisotopic (exact) mass is 220 g/mol. The zero-order chi connectivity index (χ0) is 11.5. The minimum Gasteiger partial charge on any atom is -0.465 e. The van der Waals surface area contributed by atoms with E-state index in [0.717, 1.165) is 5.69 Å². The summed E-state index contributed by atoms with van der Waals surface area (Å²) >= 11 is 0. The zero-order valence-corrected chi connectivity index (χ0v) is 9.06. The Labute approximate surface area is 92.8 Å². The van der Waals surface area contributed by atoms with E-state index in [1.807, 2.05) is 6.92 Å². The molecule has 0 saturated heterocycles. The summed E-state index contributed by atoms with van der Waals surface area (Å²) in [5.74, 6) is 0.161. The number of dihydropyridines is 1. The number of nitrogens with zero attached hydrogens (tertiary/aromatic N) is 1. The van der Waals surface area contributed by atoms with Crippen LogP contribution in [0.3, 0.4) is 0 Å². The van der Waals surface area contributed by atoms with E-state index in [2.05, 4.69) is 15.0 Å². The fourth-order valence-electron chi connectivity index (χ4n) is 1.44. The van der Waals surface area contributed by atoms with Crippen LogP contribution in [0.4, 0.5) is 0 Å². The Bertz CT molecular complexity index is 460. The first-order valence-electron chi connectivity index (χ1n) is 4.85. The van der Waals surface area contributed by atoms with Crippen molar-refractivity contribution in [2.45, 2.75) is 13.0 Å². The highest BCUT2D eigenvalue weighted by atomic mass is 16.5. The van der Waals surface area contributed by atoms with Crippen LogP contribution < -0.4 is 5.32 Å². The lowest BCUT2D eigenvalue weighted by atomic mass is 10.1. The second kappa shape index (κ2) is 4.22. The minimum absolute atomic E-state index is 0.229. The smallest absolute Gasteiger partial charge is 0.337 e. The van der Waals surface area contributed by atoms with E-state index in [-0.39, 0.29) is 12.0 Å². The van der Waals surface area contributed by atoms with Crippen molar-refractivity contribution in [1.82, 2.24) is 10.3 Å². The topological polar surface area (TPSA) is 64.4 Å². The average molecular weight is 220 g/mol. The molecule has 5 heteroatoms. The molecule has 1 unspecified atom stereocenters. The number of rotatable bonds is 2. The van der Waals surface area contributed by atoms with Gasteiger partial charge in [-0.2, -0.15) is 0 Å². The van der Waals surface area contributed by atoms with Gasteiger partial charge < -0.3 is 14.5 Å². The maximum atomic E-state index is 11.3. The molecule has 1 aromatic rings. The lowest BCUT2D eigenvalue weighted by Crippen LogP contribution is -2.19. The van der Waals surface area contributed by atoms with Gasteiger partial charge in [-0.15, -0.1) is 0 Å². The summed E-state index contributed by atoms with van der Waals surface area (Å²) < 4.78 is 9.90. The number of aromatic nitrogens is 1. The Morgan fingerprint density at radius 1 is 1.62 bits per heavy atom. The number of carbonyl (C=O) groups is 1. The normalized spacial score (nSPS) is 18.9. The van der Waals surface area contributed by atoms with E-state index in [1.54, 1.807) is 24.6 Å². The van der Waals surface area contributed by atoms with E-state index in [0.29, 0.717) is 11.5 Å². The summed E-state index contributed by atoms with van der Waals surface area (Å²) in [6.45, 7) is 1.84. The van der Waals surface area contributed by atoms with E-state index >= 15 is 0 Å². The first-order chi connectivity index (χ1) is 7.70. The molecule has 0 saturated carbocycles. The summed E-state index contributed by atoms with van der Waals surface area (Å²) in [6, 6.07) is -0.229. The SMILES string of the molecule is COC(=O)C1=CC(c2nc(C)co2)NC=C1. The number of oxazole rings is 1. The van der Waals surface area contributed by atoms with Crippen molar-refractivity contribution in [1.29, 1.82) is 0 Å². The number of aryl methyl sites for hydroxylation is 1. The highest BCUT2D eigenvalue weighted by Gasteiger charge is 2.19. The van der Waals surface area contributed by atoms with Gasteiger partial charge in [0.25, 0.3) is 0 Å². The summed E-state index contributed by atoms with van der Waals surface area (Å²) in [6.07, 6.45) is 6.62. The molecule has 1 aromatic heterocycles. The number of hydrogen-bond donors (Lipinski definition) is 1.